The number of benzene rings is 1. The standard InChI is InChI=1S/C25H27N5O/c26-19-8-12-28-23(15-19)30-13-9-25(10-14-30)16-18(20-5-1-2-6-21(20)25)17-29-24(31)22-7-3-4-11-27-22/h1-8,11-12,15,18H,9-10,13-14,16-17H2,(H2,26,28)(H,29,31). The van der Waals surface area contributed by atoms with Gasteiger partial charge in [-0.1, -0.05) is 30.3 Å². The van der Waals surface area contributed by atoms with Crippen LogP contribution in [-0.4, -0.2) is 35.5 Å². The molecule has 1 unspecified atom stereocenters. The number of piperidine rings is 1. The minimum atomic E-state index is -0.110. The van der Waals surface area contributed by atoms with Gasteiger partial charge < -0.3 is 16.0 Å². The molecule has 1 fully saturated rings. The predicted molar refractivity (Wildman–Crippen MR) is 122 cm³/mol. The van der Waals surface area contributed by atoms with Crippen LogP contribution < -0.4 is 16.0 Å². The van der Waals surface area contributed by atoms with E-state index < -0.39 is 0 Å². The van der Waals surface area contributed by atoms with E-state index in [1.807, 2.05) is 24.3 Å². The quantitative estimate of drug-likeness (QED) is 0.684. The van der Waals surface area contributed by atoms with Crippen molar-refractivity contribution < 1.29 is 4.79 Å². The van der Waals surface area contributed by atoms with E-state index in [9.17, 15) is 4.79 Å². The van der Waals surface area contributed by atoms with E-state index in [0.29, 0.717) is 18.2 Å². The molecule has 2 aliphatic rings. The van der Waals surface area contributed by atoms with Crippen LogP contribution in [0.3, 0.4) is 0 Å². The van der Waals surface area contributed by atoms with Crippen LogP contribution in [0.5, 0.6) is 0 Å². The lowest BCUT2D eigenvalue weighted by Gasteiger charge is -2.41. The number of nitrogen functional groups attached to an aromatic ring is 1. The molecule has 1 saturated heterocycles. The molecular formula is C25H27N5O. The van der Waals surface area contributed by atoms with Crippen molar-refractivity contribution in [3.8, 4) is 0 Å². The number of nitrogens with zero attached hydrogens (tertiary/aromatic N) is 3. The zero-order chi connectivity index (χ0) is 21.3. The third kappa shape index (κ3) is 3.74. The Morgan fingerprint density at radius 1 is 1.06 bits per heavy atom. The Labute approximate surface area is 182 Å². The molecule has 2 aromatic heterocycles. The molecule has 6 heteroatoms. The number of nitrogens with two attached hydrogens (primary N) is 1. The summed E-state index contributed by atoms with van der Waals surface area (Å²) >= 11 is 0. The largest absolute Gasteiger partial charge is 0.399 e. The van der Waals surface area contributed by atoms with E-state index in [0.717, 1.165) is 43.9 Å². The summed E-state index contributed by atoms with van der Waals surface area (Å²) in [5.41, 5.74) is 10.2. The van der Waals surface area contributed by atoms with Gasteiger partial charge in [0, 0.05) is 49.7 Å². The molecule has 1 atom stereocenters. The SMILES string of the molecule is Nc1ccnc(N2CCC3(CC2)CC(CNC(=O)c2ccccn2)c2ccccc23)c1. The van der Waals surface area contributed by atoms with E-state index in [1.165, 1.54) is 11.1 Å². The van der Waals surface area contributed by atoms with Crippen LogP contribution in [0, 0.1) is 0 Å². The molecule has 3 heterocycles. The molecule has 3 N–H and O–H groups in total. The van der Waals surface area contributed by atoms with Gasteiger partial charge in [-0.15, -0.1) is 0 Å². The summed E-state index contributed by atoms with van der Waals surface area (Å²) in [7, 11) is 0. The number of rotatable bonds is 4. The van der Waals surface area contributed by atoms with Crippen LogP contribution >= 0.6 is 0 Å². The van der Waals surface area contributed by atoms with Crippen molar-refractivity contribution in [2.75, 3.05) is 30.3 Å². The highest BCUT2D eigenvalue weighted by Crippen LogP contribution is 2.51. The second-order valence-electron chi connectivity index (χ2n) is 8.63. The third-order valence-electron chi connectivity index (χ3n) is 6.83. The molecule has 0 bridgehead atoms. The molecule has 6 nitrogen and oxygen atoms in total. The van der Waals surface area contributed by atoms with Crippen molar-refractivity contribution in [1.29, 1.82) is 0 Å². The van der Waals surface area contributed by atoms with Crippen LogP contribution in [0.15, 0.2) is 67.0 Å². The fraction of sp³-hybridized carbons (Fsp3) is 0.320. The molecule has 1 spiro atoms. The summed E-state index contributed by atoms with van der Waals surface area (Å²) in [5.74, 6) is 1.17. The summed E-state index contributed by atoms with van der Waals surface area (Å²) in [6.45, 7) is 2.55. The van der Waals surface area contributed by atoms with E-state index in [1.54, 1.807) is 18.5 Å². The number of carbonyl (C=O) groups excluding carboxylic acids is 1. The van der Waals surface area contributed by atoms with Gasteiger partial charge in [0.2, 0.25) is 0 Å². The fourth-order valence-corrected chi connectivity index (χ4v) is 5.26. The first-order valence-electron chi connectivity index (χ1n) is 10.9. The fourth-order valence-electron chi connectivity index (χ4n) is 5.26. The lowest BCUT2D eigenvalue weighted by Crippen LogP contribution is -2.42. The van der Waals surface area contributed by atoms with Crippen molar-refractivity contribution in [1.82, 2.24) is 15.3 Å². The van der Waals surface area contributed by atoms with Crippen molar-refractivity contribution in [2.24, 2.45) is 0 Å². The molecule has 1 aliphatic carbocycles. The van der Waals surface area contributed by atoms with Crippen molar-refractivity contribution in [2.45, 2.75) is 30.6 Å². The van der Waals surface area contributed by atoms with E-state index in [2.05, 4.69) is 44.5 Å². The van der Waals surface area contributed by atoms with Gasteiger partial charge in [-0.05, 0) is 54.0 Å². The lowest BCUT2D eigenvalue weighted by atomic mass is 9.73. The van der Waals surface area contributed by atoms with Gasteiger partial charge in [0.15, 0.2) is 0 Å². The van der Waals surface area contributed by atoms with E-state index in [-0.39, 0.29) is 11.3 Å². The van der Waals surface area contributed by atoms with Crippen LogP contribution in [0.4, 0.5) is 11.5 Å². The van der Waals surface area contributed by atoms with Crippen molar-refractivity contribution >= 4 is 17.4 Å². The lowest BCUT2D eigenvalue weighted by molar-refractivity contribution is 0.0945. The predicted octanol–water partition coefficient (Wildman–Crippen LogP) is 3.51. The second-order valence-corrected chi connectivity index (χ2v) is 8.63. The number of fused-ring (bicyclic) bond motifs is 2. The Hall–Kier alpha value is -3.41. The molecule has 158 valence electrons. The Morgan fingerprint density at radius 2 is 1.87 bits per heavy atom. The molecule has 1 aromatic carbocycles. The number of anilines is 2. The number of pyridine rings is 2. The summed E-state index contributed by atoms with van der Waals surface area (Å²) in [6, 6.07) is 17.9. The topological polar surface area (TPSA) is 84.1 Å². The summed E-state index contributed by atoms with van der Waals surface area (Å²) < 4.78 is 0. The molecule has 1 amide bonds. The van der Waals surface area contributed by atoms with Gasteiger partial charge in [0.05, 0.1) is 0 Å². The van der Waals surface area contributed by atoms with Gasteiger partial charge in [0.25, 0.3) is 5.91 Å². The molecular weight excluding hydrogens is 386 g/mol. The van der Waals surface area contributed by atoms with E-state index >= 15 is 0 Å². The number of hydrogen-bond acceptors (Lipinski definition) is 5. The van der Waals surface area contributed by atoms with Crippen molar-refractivity contribution in [3.05, 3.63) is 83.8 Å². The molecule has 3 aromatic rings. The first kappa shape index (κ1) is 19.5. The molecule has 0 saturated carbocycles. The Kier molecular flexibility index (Phi) is 5.06. The maximum Gasteiger partial charge on any atom is 0.269 e. The average molecular weight is 414 g/mol. The van der Waals surface area contributed by atoms with Crippen LogP contribution in [-0.2, 0) is 5.41 Å². The van der Waals surface area contributed by atoms with Gasteiger partial charge in [-0.2, -0.15) is 0 Å². The number of amides is 1. The summed E-state index contributed by atoms with van der Waals surface area (Å²) in [4.78, 5) is 23.5. The zero-order valence-corrected chi connectivity index (χ0v) is 17.5. The Balaban J connectivity index is 1.30. The first-order valence-corrected chi connectivity index (χ1v) is 10.9. The van der Waals surface area contributed by atoms with E-state index in [4.69, 9.17) is 5.73 Å². The summed E-state index contributed by atoms with van der Waals surface area (Å²) in [6.07, 6.45) is 6.64. The molecule has 0 radical (unpaired) electrons. The first-order chi connectivity index (χ1) is 15.1. The highest BCUT2D eigenvalue weighted by Gasteiger charge is 2.45. The minimum absolute atomic E-state index is 0.110. The maximum absolute atomic E-state index is 12.5. The average Bonchev–Trinajstić information content (AvgIpc) is 3.12. The van der Waals surface area contributed by atoms with Crippen LogP contribution in [0.1, 0.15) is 46.8 Å². The Bertz CT molecular complexity index is 1080. The molecule has 31 heavy (non-hydrogen) atoms. The Morgan fingerprint density at radius 3 is 2.65 bits per heavy atom. The molecule has 5 rings (SSSR count). The normalized spacial score (nSPS) is 19.2. The van der Waals surface area contributed by atoms with Crippen LogP contribution in [0.25, 0.3) is 0 Å². The smallest absolute Gasteiger partial charge is 0.269 e. The number of carbonyl (C=O) groups is 1. The number of aromatic nitrogens is 2. The van der Waals surface area contributed by atoms with Gasteiger partial charge in [0.1, 0.15) is 11.5 Å². The third-order valence-corrected chi connectivity index (χ3v) is 6.83. The zero-order valence-electron chi connectivity index (χ0n) is 17.5. The van der Waals surface area contributed by atoms with Gasteiger partial charge in [-0.25, -0.2) is 4.98 Å². The monoisotopic (exact) mass is 413 g/mol. The molecule has 1 aliphatic heterocycles. The number of nitrogens with one attached hydrogen (secondary N) is 1. The summed E-state index contributed by atoms with van der Waals surface area (Å²) in [5, 5.41) is 3.11. The number of hydrogen-bond donors (Lipinski definition) is 2. The highest BCUT2D eigenvalue weighted by atomic mass is 16.1. The highest BCUT2D eigenvalue weighted by molar-refractivity contribution is 5.92. The van der Waals surface area contributed by atoms with Crippen molar-refractivity contribution in [3.63, 3.8) is 0 Å². The van der Waals surface area contributed by atoms with Gasteiger partial charge >= 0.3 is 0 Å². The minimum Gasteiger partial charge on any atom is -0.399 e. The van der Waals surface area contributed by atoms with Crippen LogP contribution in [0.2, 0.25) is 0 Å². The maximum atomic E-state index is 12.5. The second kappa shape index (κ2) is 8.02. The van der Waals surface area contributed by atoms with Gasteiger partial charge in [-0.3, -0.25) is 9.78 Å².